The Morgan fingerprint density at radius 3 is 2.92 bits per heavy atom. The highest BCUT2D eigenvalue weighted by Gasteiger charge is 2.14. The lowest BCUT2D eigenvalue weighted by Gasteiger charge is -2.01. The van der Waals surface area contributed by atoms with Gasteiger partial charge in [-0.1, -0.05) is 5.16 Å². The van der Waals surface area contributed by atoms with Gasteiger partial charge in [0.2, 0.25) is 0 Å². The highest BCUT2D eigenvalue weighted by atomic mass is 16.5. The first kappa shape index (κ1) is 14.1. The van der Waals surface area contributed by atoms with Crippen LogP contribution in [0, 0.1) is 0 Å². The van der Waals surface area contributed by atoms with Gasteiger partial charge in [0.1, 0.15) is 0 Å². The van der Waals surface area contributed by atoms with Crippen molar-refractivity contribution in [2.75, 3.05) is 0 Å². The van der Waals surface area contributed by atoms with E-state index < -0.39 is 0 Å². The van der Waals surface area contributed by atoms with Gasteiger partial charge in [-0.05, 0) is 35.9 Å². The average molecular weight is 319 g/mol. The van der Waals surface area contributed by atoms with Gasteiger partial charge < -0.3 is 9.84 Å². The monoisotopic (exact) mass is 319 g/mol. The van der Waals surface area contributed by atoms with Crippen LogP contribution in [0.3, 0.4) is 0 Å². The number of benzene rings is 1. The molecule has 0 saturated heterocycles. The first-order valence-electron chi connectivity index (χ1n) is 7.37. The standard InChI is InChI=1S/C17H13N5O2/c23-17(19-9-11-3-5-18-6-4-11)15-8-16(24-22-15)12-1-2-14-13(7-12)10-20-21-14/h1-8,10H,9H2,(H,19,23)(H,20,21). The number of hydrogen-bond acceptors (Lipinski definition) is 5. The number of aromatic nitrogens is 4. The lowest BCUT2D eigenvalue weighted by Crippen LogP contribution is -2.22. The van der Waals surface area contributed by atoms with Crippen LogP contribution in [0.2, 0.25) is 0 Å². The van der Waals surface area contributed by atoms with Crippen LogP contribution < -0.4 is 5.32 Å². The molecule has 4 aromatic rings. The molecular weight excluding hydrogens is 306 g/mol. The molecule has 0 aliphatic rings. The van der Waals surface area contributed by atoms with Crippen molar-refractivity contribution in [2.45, 2.75) is 6.54 Å². The number of rotatable bonds is 4. The summed E-state index contributed by atoms with van der Waals surface area (Å²) in [5.74, 6) is 0.248. The van der Waals surface area contributed by atoms with Crippen LogP contribution in [-0.4, -0.2) is 26.2 Å². The van der Waals surface area contributed by atoms with Crippen molar-refractivity contribution in [2.24, 2.45) is 0 Å². The Hall–Kier alpha value is -3.48. The number of amides is 1. The van der Waals surface area contributed by atoms with Crippen LogP contribution >= 0.6 is 0 Å². The minimum absolute atomic E-state index is 0.242. The summed E-state index contributed by atoms with van der Waals surface area (Å²) in [4.78, 5) is 16.1. The van der Waals surface area contributed by atoms with Crippen molar-refractivity contribution in [3.05, 3.63) is 66.2 Å². The lowest BCUT2D eigenvalue weighted by atomic mass is 10.1. The van der Waals surface area contributed by atoms with E-state index in [1.165, 1.54) is 0 Å². The Balaban J connectivity index is 1.50. The maximum Gasteiger partial charge on any atom is 0.273 e. The minimum atomic E-state index is -0.286. The molecule has 24 heavy (non-hydrogen) atoms. The van der Waals surface area contributed by atoms with Crippen molar-refractivity contribution in [3.63, 3.8) is 0 Å². The largest absolute Gasteiger partial charge is 0.355 e. The predicted octanol–water partition coefficient (Wildman–Crippen LogP) is 2.54. The molecule has 0 bridgehead atoms. The third-order valence-electron chi connectivity index (χ3n) is 3.67. The number of H-pyrrole nitrogens is 1. The Morgan fingerprint density at radius 1 is 1.17 bits per heavy atom. The third kappa shape index (κ3) is 2.74. The molecule has 0 atom stereocenters. The van der Waals surface area contributed by atoms with E-state index in [-0.39, 0.29) is 11.6 Å². The van der Waals surface area contributed by atoms with Crippen LogP contribution in [0.5, 0.6) is 0 Å². The molecule has 7 heteroatoms. The van der Waals surface area contributed by atoms with Gasteiger partial charge in [-0.15, -0.1) is 0 Å². The molecule has 0 saturated carbocycles. The fourth-order valence-electron chi connectivity index (χ4n) is 2.39. The zero-order valence-electron chi connectivity index (χ0n) is 12.6. The number of aromatic amines is 1. The summed E-state index contributed by atoms with van der Waals surface area (Å²) >= 11 is 0. The molecule has 0 unspecified atom stereocenters. The van der Waals surface area contributed by atoms with Crippen LogP contribution in [0.15, 0.2) is 59.5 Å². The fourth-order valence-corrected chi connectivity index (χ4v) is 2.39. The maximum atomic E-state index is 12.2. The summed E-state index contributed by atoms with van der Waals surface area (Å²) in [5.41, 5.74) is 2.98. The number of hydrogen-bond donors (Lipinski definition) is 2. The number of fused-ring (bicyclic) bond motifs is 1. The van der Waals surface area contributed by atoms with Gasteiger partial charge in [0.15, 0.2) is 11.5 Å². The van der Waals surface area contributed by atoms with E-state index in [2.05, 4.69) is 25.7 Å². The number of pyridine rings is 1. The number of carbonyl (C=O) groups excluding carboxylic acids is 1. The van der Waals surface area contributed by atoms with E-state index in [9.17, 15) is 4.79 Å². The summed E-state index contributed by atoms with van der Waals surface area (Å²) in [7, 11) is 0. The third-order valence-corrected chi connectivity index (χ3v) is 3.67. The highest BCUT2D eigenvalue weighted by Crippen LogP contribution is 2.24. The molecule has 1 aromatic carbocycles. The van der Waals surface area contributed by atoms with E-state index in [0.717, 1.165) is 22.0 Å². The summed E-state index contributed by atoms with van der Waals surface area (Å²) in [6, 6.07) is 11.0. The van der Waals surface area contributed by atoms with Gasteiger partial charge in [-0.2, -0.15) is 5.10 Å². The minimum Gasteiger partial charge on any atom is -0.355 e. The Labute approximate surface area is 136 Å². The van der Waals surface area contributed by atoms with E-state index in [1.54, 1.807) is 24.7 Å². The van der Waals surface area contributed by atoms with Crippen molar-refractivity contribution >= 4 is 16.8 Å². The van der Waals surface area contributed by atoms with Gasteiger partial charge in [-0.25, -0.2) is 0 Å². The summed E-state index contributed by atoms with van der Waals surface area (Å²) in [6.07, 6.45) is 5.10. The van der Waals surface area contributed by atoms with Gasteiger partial charge in [0, 0.05) is 36.0 Å². The summed E-state index contributed by atoms with van der Waals surface area (Å²) in [5, 5.41) is 14.5. The van der Waals surface area contributed by atoms with Crippen LogP contribution in [0.1, 0.15) is 16.1 Å². The zero-order chi connectivity index (χ0) is 16.4. The Morgan fingerprint density at radius 2 is 2.04 bits per heavy atom. The van der Waals surface area contributed by atoms with E-state index in [0.29, 0.717) is 12.3 Å². The second-order valence-electron chi connectivity index (χ2n) is 5.29. The van der Waals surface area contributed by atoms with Crippen LogP contribution in [0.25, 0.3) is 22.2 Å². The lowest BCUT2D eigenvalue weighted by molar-refractivity contribution is 0.0942. The second-order valence-corrected chi connectivity index (χ2v) is 5.29. The smallest absolute Gasteiger partial charge is 0.273 e. The fraction of sp³-hybridized carbons (Fsp3) is 0.0588. The van der Waals surface area contributed by atoms with Crippen molar-refractivity contribution < 1.29 is 9.32 Å². The van der Waals surface area contributed by atoms with Crippen molar-refractivity contribution in [3.8, 4) is 11.3 Å². The first-order valence-corrected chi connectivity index (χ1v) is 7.37. The topological polar surface area (TPSA) is 96.7 Å². The van der Waals surface area contributed by atoms with Crippen LogP contribution in [-0.2, 0) is 6.54 Å². The summed E-state index contributed by atoms with van der Waals surface area (Å²) in [6.45, 7) is 0.407. The molecule has 118 valence electrons. The SMILES string of the molecule is O=C(NCc1ccncc1)c1cc(-c2ccc3[nH]ncc3c2)on1. The molecule has 0 aliphatic heterocycles. The molecule has 3 heterocycles. The van der Waals surface area contributed by atoms with Gasteiger partial charge in [0.05, 0.1) is 11.7 Å². The zero-order valence-corrected chi connectivity index (χ0v) is 12.6. The normalized spacial score (nSPS) is 10.8. The average Bonchev–Trinajstić information content (AvgIpc) is 3.29. The van der Waals surface area contributed by atoms with Gasteiger partial charge >= 0.3 is 0 Å². The van der Waals surface area contributed by atoms with E-state index >= 15 is 0 Å². The Kier molecular flexibility index (Phi) is 3.51. The second kappa shape index (κ2) is 5.96. The van der Waals surface area contributed by atoms with Gasteiger partial charge in [-0.3, -0.25) is 14.9 Å². The van der Waals surface area contributed by atoms with Crippen molar-refractivity contribution in [1.29, 1.82) is 0 Å². The molecule has 2 N–H and O–H groups in total. The summed E-state index contributed by atoms with van der Waals surface area (Å²) < 4.78 is 5.30. The quantitative estimate of drug-likeness (QED) is 0.602. The number of nitrogens with zero attached hydrogens (tertiary/aromatic N) is 3. The van der Waals surface area contributed by atoms with Crippen molar-refractivity contribution in [1.82, 2.24) is 25.7 Å². The molecule has 0 spiro atoms. The number of carbonyl (C=O) groups is 1. The number of nitrogens with one attached hydrogen (secondary N) is 2. The van der Waals surface area contributed by atoms with Crippen LogP contribution in [0.4, 0.5) is 0 Å². The molecule has 1 amide bonds. The van der Waals surface area contributed by atoms with Gasteiger partial charge in [0.25, 0.3) is 5.91 Å². The molecule has 3 aromatic heterocycles. The predicted molar refractivity (Wildman–Crippen MR) is 87.0 cm³/mol. The van der Waals surface area contributed by atoms with E-state index in [1.807, 2.05) is 30.3 Å². The molecular formula is C17H13N5O2. The molecule has 0 radical (unpaired) electrons. The maximum absolute atomic E-state index is 12.2. The van der Waals surface area contributed by atoms with E-state index in [4.69, 9.17) is 4.52 Å². The molecule has 7 nitrogen and oxygen atoms in total. The molecule has 0 fully saturated rings. The Bertz CT molecular complexity index is 990. The highest BCUT2D eigenvalue weighted by molar-refractivity contribution is 5.93. The molecule has 4 rings (SSSR count). The first-order chi connectivity index (χ1) is 11.8. The molecule has 0 aliphatic carbocycles.